The van der Waals surface area contributed by atoms with Gasteiger partial charge in [0, 0.05) is 62.8 Å². The minimum absolute atomic E-state index is 0.0541. The van der Waals surface area contributed by atoms with Gasteiger partial charge in [0.1, 0.15) is 11.2 Å². The summed E-state index contributed by atoms with van der Waals surface area (Å²) < 4.78 is 0. The number of rotatable bonds is 6. The molecule has 5 heterocycles. The lowest BCUT2D eigenvalue weighted by Gasteiger charge is -2.32. The summed E-state index contributed by atoms with van der Waals surface area (Å²) in [6.07, 6.45) is 5.12. The number of amides is 3. The van der Waals surface area contributed by atoms with Gasteiger partial charge >= 0.3 is 6.03 Å². The number of imidazole rings is 1. The number of benzene rings is 1. The molecule has 12 heteroatoms. The van der Waals surface area contributed by atoms with E-state index in [1.165, 1.54) is 0 Å². The van der Waals surface area contributed by atoms with Crippen LogP contribution >= 0.6 is 0 Å². The Morgan fingerprint density at radius 2 is 1.80 bits per heavy atom. The van der Waals surface area contributed by atoms with Crippen molar-refractivity contribution in [3.8, 4) is 22.6 Å². The Morgan fingerprint density at radius 1 is 1.02 bits per heavy atom. The van der Waals surface area contributed by atoms with Gasteiger partial charge in [-0.05, 0) is 45.2 Å². The molecule has 1 saturated heterocycles. The smallest absolute Gasteiger partial charge is 0.321 e. The van der Waals surface area contributed by atoms with Gasteiger partial charge < -0.3 is 25.0 Å². The Kier molecular flexibility index (Phi) is 7.06. The number of pyridine rings is 2. The summed E-state index contributed by atoms with van der Waals surface area (Å²) in [5.74, 6) is 0.484. The van der Waals surface area contributed by atoms with Crippen molar-refractivity contribution in [1.29, 1.82) is 0 Å². The van der Waals surface area contributed by atoms with Crippen molar-refractivity contribution in [3.63, 3.8) is 0 Å². The summed E-state index contributed by atoms with van der Waals surface area (Å²) in [5.41, 5.74) is 5.35. The maximum atomic E-state index is 13.1. The first kappa shape index (κ1) is 26.4. The highest BCUT2D eigenvalue weighted by Gasteiger charge is 2.21. The van der Waals surface area contributed by atoms with Gasteiger partial charge in [-0.2, -0.15) is 5.10 Å². The highest BCUT2D eigenvalue weighted by molar-refractivity contribution is 6.06. The number of likely N-dealkylation sites (N-methyl/N-ethyl adjacent to an activating group) is 1. The highest BCUT2D eigenvalue weighted by atomic mass is 16.2. The monoisotopic (exact) mass is 552 g/mol. The standard InChI is InChI=1S/C29H32N10O2/c1-4-38(5-2)28(40)21-7-6-8-23-24(21)34-27(33-23)25-22-14-19(16-31-26(22)36-35-25)18-13-20(17-30-15-18)32-29(41)39-11-9-37(3)10-12-39/h6-8,13-17H,4-5,9-12H2,1-3H3,(H,32,41)(H,33,34)(H,31,35,36). The van der Waals surface area contributed by atoms with E-state index in [9.17, 15) is 9.59 Å². The molecule has 210 valence electrons. The van der Waals surface area contributed by atoms with Gasteiger partial charge in [0.2, 0.25) is 0 Å². The van der Waals surface area contributed by atoms with Crippen LogP contribution in [0.2, 0.25) is 0 Å². The zero-order valence-electron chi connectivity index (χ0n) is 23.3. The Labute approximate surface area is 236 Å². The second-order valence-electron chi connectivity index (χ2n) is 10.1. The molecule has 5 aromatic rings. The lowest BCUT2D eigenvalue weighted by molar-refractivity contribution is 0.0774. The molecular weight excluding hydrogens is 520 g/mol. The first-order chi connectivity index (χ1) is 19.9. The third-order valence-corrected chi connectivity index (χ3v) is 7.55. The zero-order chi connectivity index (χ0) is 28.5. The SMILES string of the molecule is CCN(CC)C(=O)c1cccc2[nH]c(-c3n[nH]c4ncc(-c5cncc(NC(=O)N6CCN(C)CC6)c5)cc34)nc12. The molecule has 41 heavy (non-hydrogen) atoms. The van der Waals surface area contributed by atoms with Crippen molar-refractivity contribution >= 4 is 39.7 Å². The average Bonchev–Trinajstić information content (AvgIpc) is 3.62. The molecule has 0 spiro atoms. The fraction of sp³-hybridized carbons (Fsp3) is 0.310. The van der Waals surface area contributed by atoms with Gasteiger partial charge in [-0.25, -0.2) is 14.8 Å². The van der Waals surface area contributed by atoms with Crippen LogP contribution in [0.4, 0.5) is 10.5 Å². The molecule has 0 unspecified atom stereocenters. The number of H-pyrrole nitrogens is 2. The van der Waals surface area contributed by atoms with E-state index in [-0.39, 0.29) is 11.9 Å². The fourth-order valence-electron chi connectivity index (χ4n) is 5.12. The fourth-order valence-corrected chi connectivity index (χ4v) is 5.12. The summed E-state index contributed by atoms with van der Waals surface area (Å²) in [5, 5.41) is 11.2. The van der Waals surface area contributed by atoms with Crippen LogP contribution < -0.4 is 5.32 Å². The molecule has 0 atom stereocenters. The lowest BCUT2D eigenvalue weighted by Crippen LogP contribution is -2.48. The van der Waals surface area contributed by atoms with E-state index in [0.717, 1.165) is 35.1 Å². The predicted molar refractivity (Wildman–Crippen MR) is 158 cm³/mol. The number of carbonyl (C=O) groups is 2. The van der Waals surface area contributed by atoms with Crippen LogP contribution in [0.3, 0.4) is 0 Å². The van der Waals surface area contributed by atoms with Crippen LogP contribution in [0, 0.1) is 0 Å². The van der Waals surface area contributed by atoms with E-state index in [4.69, 9.17) is 4.98 Å². The number of hydrogen-bond donors (Lipinski definition) is 3. The molecule has 0 aliphatic carbocycles. The number of urea groups is 1. The number of para-hydroxylation sites is 1. The van der Waals surface area contributed by atoms with Crippen molar-refractivity contribution in [2.45, 2.75) is 13.8 Å². The minimum atomic E-state index is -0.133. The van der Waals surface area contributed by atoms with Gasteiger partial charge in [-0.1, -0.05) is 6.07 Å². The van der Waals surface area contributed by atoms with Crippen molar-refractivity contribution in [2.75, 3.05) is 51.6 Å². The zero-order valence-corrected chi connectivity index (χ0v) is 23.3. The summed E-state index contributed by atoms with van der Waals surface area (Å²) in [6, 6.07) is 9.28. The Hall–Kier alpha value is -4.84. The molecule has 3 N–H and O–H groups in total. The van der Waals surface area contributed by atoms with E-state index in [1.807, 2.05) is 43.0 Å². The molecular formula is C29H32N10O2. The number of hydrogen-bond acceptors (Lipinski definition) is 7. The van der Waals surface area contributed by atoms with Crippen LogP contribution in [0.1, 0.15) is 24.2 Å². The third-order valence-electron chi connectivity index (χ3n) is 7.55. The van der Waals surface area contributed by atoms with E-state index >= 15 is 0 Å². The number of aromatic nitrogens is 6. The van der Waals surface area contributed by atoms with Crippen LogP contribution in [0.5, 0.6) is 0 Å². The molecule has 12 nitrogen and oxygen atoms in total. The van der Waals surface area contributed by atoms with Crippen LogP contribution in [0.25, 0.3) is 44.7 Å². The van der Waals surface area contributed by atoms with Gasteiger partial charge in [-0.15, -0.1) is 0 Å². The Balaban J connectivity index is 1.30. The largest absolute Gasteiger partial charge is 0.339 e. The summed E-state index contributed by atoms with van der Waals surface area (Å²) >= 11 is 0. The number of nitrogens with one attached hydrogen (secondary N) is 3. The molecule has 4 aromatic heterocycles. The maximum absolute atomic E-state index is 13.1. The molecule has 0 saturated carbocycles. The van der Waals surface area contributed by atoms with Crippen LogP contribution in [-0.2, 0) is 0 Å². The van der Waals surface area contributed by atoms with E-state index in [1.54, 1.807) is 29.6 Å². The number of piperazine rings is 1. The molecule has 1 fully saturated rings. The molecule has 0 radical (unpaired) electrons. The minimum Gasteiger partial charge on any atom is -0.339 e. The normalized spacial score (nSPS) is 14.1. The maximum Gasteiger partial charge on any atom is 0.321 e. The Morgan fingerprint density at radius 3 is 2.59 bits per heavy atom. The quantitative estimate of drug-likeness (QED) is 0.291. The van der Waals surface area contributed by atoms with Crippen molar-refractivity contribution < 1.29 is 9.59 Å². The van der Waals surface area contributed by atoms with E-state index in [2.05, 4.69) is 42.4 Å². The number of fused-ring (bicyclic) bond motifs is 2. The predicted octanol–water partition coefficient (Wildman–Crippen LogP) is 3.82. The summed E-state index contributed by atoms with van der Waals surface area (Å²) in [7, 11) is 2.05. The third kappa shape index (κ3) is 5.09. The Bertz CT molecular complexity index is 1730. The average molecular weight is 553 g/mol. The second kappa shape index (κ2) is 11.0. The van der Waals surface area contributed by atoms with E-state index < -0.39 is 0 Å². The first-order valence-electron chi connectivity index (χ1n) is 13.8. The molecule has 1 aliphatic heterocycles. The van der Waals surface area contributed by atoms with Gasteiger partial charge in [0.15, 0.2) is 11.5 Å². The molecule has 6 rings (SSSR count). The number of anilines is 1. The highest BCUT2D eigenvalue weighted by Crippen LogP contribution is 2.30. The van der Waals surface area contributed by atoms with Gasteiger partial charge in [-0.3, -0.25) is 14.9 Å². The van der Waals surface area contributed by atoms with Crippen molar-refractivity contribution in [2.24, 2.45) is 0 Å². The van der Waals surface area contributed by atoms with Gasteiger partial charge in [0.25, 0.3) is 5.91 Å². The number of nitrogens with zero attached hydrogens (tertiary/aromatic N) is 7. The second-order valence-corrected chi connectivity index (χ2v) is 10.1. The topological polar surface area (TPSA) is 139 Å². The first-order valence-corrected chi connectivity index (χ1v) is 13.8. The van der Waals surface area contributed by atoms with Crippen LogP contribution in [0.15, 0.2) is 48.9 Å². The van der Waals surface area contributed by atoms with Crippen LogP contribution in [-0.4, -0.2) is 103 Å². The number of aromatic amines is 2. The number of carbonyl (C=O) groups excluding carboxylic acids is 2. The van der Waals surface area contributed by atoms with Crippen molar-refractivity contribution in [1.82, 2.24) is 44.8 Å². The molecule has 1 aromatic carbocycles. The molecule has 0 bridgehead atoms. The van der Waals surface area contributed by atoms with Gasteiger partial charge in [0.05, 0.1) is 28.4 Å². The molecule has 1 aliphatic rings. The summed E-state index contributed by atoms with van der Waals surface area (Å²) in [6.45, 7) is 8.24. The summed E-state index contributed by atoms with van der Waals surface area (Å²) in [4.78, 5) is 48.8. The van der Waals surface area contributed by atoms with E-state index in [0.29, 0.717) is 60.1 Å². The molecule has 3 amide bonds. The van der Waals surface area contributed by atoms with Crippen molar-refractivity contribution in [3.05, 3.63) is 54.5 Å². The lowest BCUT2D eigenvalue weighted by atomic mass is 10.1.